The first-order valence-corrected chi connectivity index (χ1v) is 4.98. The number of aryl methyl sites for hydroxylation is 1. The molecule has 0 spiro atoms. The summed E-state index contributed by atoms with van der Waals surface area (Å²) in [7, 11) is 0. The second-order valence-corrected chi connectivity index (χ2v) is 3.62. The van der Waals surface area contributed by atoms with E-state index in [1.807, 2.05) is 25.3 Å². The van der Waals surface area contributed by atoms with Gasteiger partial charge in [0.2, 0.25) is 0 Å². The van der Waals surface area contributed by atoms with Crippen LogP contribution in [-0.2, 0) is 6.54 Å². The number of benzene rings is 1. The second kappa shape index (κ2) is 4.18. The van der Waals surface area contributed by atoms with Gasteiger partial charge in [-0.2, -0.15) is 5.10 Å². The summed E-state index contributed by atoms with van der Waals surface area (Å²) in [6.07, 6.45) is 1.84. The zero-order chi connectivity index (χ0) is 11.5. The highest BCUT2D eigenvalue weighted by molar-refractivity contribution is 5.89. The van der Waals surface area contributed by atoms with Gasteiger partial charge in [-0.1, -0.05) is 18.2 Å². The lowest BCUT2D eigenvalue weighted by atomic mass is 10.1. The molecule has 1 heterocycles. The summed E-state index contributed by atoms with van der Waals surface area (Å²) in [6, 6.07) is 8.86. The van der Waals surface area contributed by atoms with E-state index in [1.165, 1.54) is 0 Å². The number of nitrogens with zero attached hydrogens (tertiary/aromatic N) is 2. The first-order chi connectivity index (χ1) is 7.66. The third-order valence-electron chi connectivity index (χ3n) is 2.35. The molecule has 0 bridgehead atoms. The molecule has 4 nitrogen and oxygen atoms in total. The number of rotatable bonds is 3. The quantitative estimate of drug-likeness (QED) is 0.853. The largest absolute Gasteiger partial charge is 0.478 e. The number of aromatic carboxylic acids is 1. The maximum atomic E-state index is 11.0. The fourth-order valence-corrected chi connectivity index (χ4v) is 1.59. The predicted octanol–water partition coefficient (Wildman–Crippen LogP) is 1.94. The van der Waals surface area contributed by atoms with Crippen LogP contribution in [0.5, 0.6) is 0 Å². The highest BCUT2D eigenvalue weighted by atomic mass is 16.4. The number of hydrogen-bond acceptors (Lipinski definition) is 2. The van der Waals surface area contributed by atoms with Crippen LogP contribution >= 0.6 is 0 Å². The van der Waals surface area contributed by atoms with E-state index in [1.54, 1.807) is 22.9 Å². The summed E-state index contributed by atoms with van der Waals surface area (Å²) < 4.78 is 1.73. The molecule has 82 valence electrons. The fourth-order valence-electron chi connectivity index (χ4n) is 1.59. The van der Waals surface area contributed by atoms with Crippen LogP contribution in [0.2, 0.25) is 0 Å². The predicted molar refractivity (Wildman–Crippen MR) is 59.5 cm³/mol. The molecule has 16 heavy (non-hydrogen) atoms. The van der Waals surface area contributed by atoms with Gasteiger partial charge >= 0.3 is 5.97 Å². The normalized spacial score (nSPS) is 10.3. The third kappa shape index (κ3) is 2.11. The van der Waals surface area contributed by atoms with E-state index in [2.05, 4.69) is 5.10 Å². The molecular weight excluding hydrogens is 204 g/mol. The Bertz CT molecular complexity index is 517. The van der Waals surface area contributed by atoms with Gasteiger partial charge in [0.05, 0.1) is 17.8 Å². The molecule has 0 unspecified atom stereocenters. The Morgan fingerprint density at radius 2 is 2.12 bits per heavy atom. The lowest BCUT2D eigenvalue weighted by molar-refractivity contribution is 0.0695. The van der Waals surface area contributed by atoms with Crippen molar-refractivity contribution in [3.63, 3.8) is 0 Å². The van der Waals surface area contributed by atoms with Gasteiger partial charge in [0.1, 0.15) is 0 Å². The highest BCUT2D eigenvalue weighted by Gasteiger charge is 2.09. The zero-order valence-corrected chi connectivity index (χ0v) is 8.92. The van der Waals surface area contributed by atoms with Crippen LogP contribution in [0.25, 0.3) is 0 Å². The SMILES string of the molecule is Cc1ccn(Cc2ccccc2C(=O)O)n1. The van der Waals surface area contributed by atoms with Gasteiger partial charge in [0, 0.05) is 6.20 Å². The standard InChI is InChI=1S/C12H12N2O2/c1-9-6-7-14(13-9)8-10-4-2-3-5-11(10)12(15)16/h2-7H,8H2,1H3,(H,15,16). The van der Waals surface area contributed by atoms with E-state index in [9.17, 15) is 4.79 Å². The first kappa shape index (κ1) is 10.4. The Hall–Kier alpha value is -2.10. The van der Waals surface area contributed by atoms with Crippen molar-refractivity contribution in [3.05, 3.63) is 53.3 Å². The average Bonchev–Trinajstić information content (AvgIpc) is 2.64. The van der Waals surface area contributed by atoms with Crippen molar-refractivity contribution < 1.29 is 9.90 Å². The van der Waals surface area contributed by atoms with Gasteiger partial charge < -0.3 is 5.11 Å². The van der Waals surface area contributed by atoms with Crippen LogP contribution in [0, 0.1) is 6.92 Å². The molecule has 4 heteroatoms. The van der Waals surface area contributed by atoms with Crippen LogP contribution < -0.4 is 0 Å². The fraction of sp³-hybridized carbons (Fsp3) is 0.167. The molecule has 0 fully saturated rings. The summed E-state index contributed by atoms with van der Waals surface area (Å²) in [4.78, 5) is 11.0. The molecule has 2 aromatic rings. The summed E-state index contributed by atoms with van der Waals surface area (Å²) >= 11 is 0. The van der Waals surface area contributed by atoms with Crippen molar-refractivity contribution in [3.8, 4) is 0 Å². The molecule has 0 radical (unpaired) electrons. The van der Waals surface area contributed by atoms with Crippen LogP contribution in [0.4, 0.5) is 0 Å². The van der Waals surface area contributed by atoms with Gasteiger partial charge in [-0.15, -0.1) is 0 Å². The van der Waals surface area contributed by atoms with Crippen molar-refractivity contribution in [2.45, 2.75) is 13.5 Å². The van der Waals surface area contributed by atoms with Crippen LogP contribution in [-0.4, -0.2) is 20.9 Å². The van der Waals surface area contributed by atoms with E-state index >= 15 is 0 Å². The van der Waals surface area contributed by atoms with Crippen molar-refractivity contribution >= 4 is 5.97 Å². The zero-order valence-electron chi connectivity index (χ0n) is 8.92. The van der Waals surface area contributed by atoms with E-state index in [0.717, 1.165) is 11.3 Å². The topological polar surface area (TPSA) is 55.1 Å². The maximum absolute atomic E-state index is 11.0. The van der Waals surface area contributed by atoms with Crippen LogP contribution in [0.15, 0.2) is 36.5 Å². The monoisotopic (exact) mass is 216 g/mol. The maximum Gasteiger partial charge on any atom is 0.336 e. The number of aromatic nitrogens is 2. The Morgan fingerprint density at radius 1 is 1.38 bits per heavy atom. The lowest BCUT2D eigenvalue weighted by Gasteiger charge is -2.05. The molecule has 0 atom stereocenters. The van der Waals surface area contributed by atoms with Crippen molar-refractivity contribution in [1.29, 1.82) is 0 Å². The Morgan fingerprint density at radius 3 is 2.75 bits per heavy atom. The summed E-state index contributed by atoms with van der Waals surface area (Å²) in [6.45, 7) is 2.38. The molecule has 0 aliphatic heterocycles. The molecule has 2 rings (SSSR count). The molecule has 0 amide bonds. The first-order valence-electron chi connectivity index (χ1n) is 4.98. The summed E-state index contributed by atoms with van der Waals surface area (Å²) in [5.74, 6) is -0.903. The molecule has 0 aliphatic rings. The van der Waals surface area contributed by atoms with Gasteiger partial charge in [-0.3, -0.25) is 4.68 Å². The number of carboxylic acids is 1. The number of carboxylic acid groups (broad SMARTS) is 1. The molecule has 1 aromatic heterocycles. The minimum absolute atomic E-state index is 0.329. The van der Waals surface area contributed by atoms with E-state index < -0.39 is 5.97 Å². The van der Waals surface area contributed by atoms with Gasteiger partial charge in [0.15, 0.2) is 0 Å². The number of hydrogen-bond donors (Lipinski definition) is 1. The Labute approximate surface area is 93.1 Å². The molecule has 0 saturated heterocycles. The third-order valence-corrected chi connectivity index (χ3v) is 2.35. The van der Waals surface area contributed by atoms with Gasteiger partial charge in [-0.25, -0.2) is 4.79 Å². The van der Waals surface area contributed by atoms with Crippen LogP contribution in [0.3, 0.4) is 0 Å². The lowest BCUT2D eigenvalue weighted by Crippen LogP contribution is -2.07. The van der Waals surface area contributed by atoms with E-state index in [4.69, 9.17) is 5.11 Å². The smallest absolute Gasteiger partial charge is 0.336 e. The van der Waals surface area contributed by atoms with E-state index in [-0.39, 0.29) is 0 Å². The Kier molecular flexibility index (Phi) is 2.72. The number of carbonyl (C=O) groups is 1. The molecule has 0 aliphatic carbocycles. The van der Waals surface area contributed by atoms with E-state index in [0.29, 0.717) is 12.1 Å². The minimum Gasteiger partial charge on any atom is -0.478 e. The molecule has 1 N–H and O–H groups in total. The molecule has 0 saturated carbocycles. The van der Waals surface area contributed by atoms with Crippen LogP contribution in [0.1, 0.15) is 21.6 Å². The second-order valence-electron chi connectivity index (χ2n) is 3.62. The highest BCUT2D eigenvalue weighted by Crippen LogP contribution is 2.10. The van der Waals surface area contributed by atoms with Crippen molar-refractivity contribution in [1.82, 2.24) is 9.78 Å². The summed E-state index contributed by atoms with van der Waals surface area (Å²) in [5.41, 5.74) is 2.02. The molecular formula is C12H12N2O2. The van der Waals surface area contributed by atoms with Gasteiger partial charge in [-0.05, 0) is 24.6 Å². The summed E-state index contributed by atoms with van der Waals surface area (Å²) in [5, 5.41) is 13.2. The van der Waals surface area contributed by atoms with Gasteiger partial charge in [0.25, 0.3) is 0 Å². The Balaban J connectivity index is 2.31. The van der Waals surface area contributed by atoms with Crippen molar-refractivity contribution in [2.75, 3.05) is 0 Å². The molecule has 1 aromatic carbocycles. The average molecular weight is 216 g/mol. The minimum atomic E-state index is -0.903. The van der Waals surface area contributed by atoms with Crippen molar-refractivity contribution in [2.24, 2.45) is 0 Å².